The number of carbonyl (C=O) groups excluding carboxylic acids is 1. The van der Waals surface area contributed by atoms with E-state index >= 15 is 0 Å². The van der Waals surface area contributed by atoms with Crippen molar-refractivity contribution in [2.24, 2.45) is 11.7 Å². The minimum absolute atomic E-state index is 0.0891. The molecule has 1 rings (SSSR count). The van der Waals surface area contributed by atoms with Gasteiger partial charge in [0.25, 0.3) is 0 Å². The summed E-state index contributed by atoms with van der Waals surface area (Å²) in [4.78, 5) is 12.8. The summed E-state index contributed by atoms with van der Waals surface area (Å²) in [6.07, 6.45) is 3.57. The molecule has 0 radical (unpaired) electrons. The fraction of sp³-hybridized carbons (Fsp3) is 0.625. The quantitative estimate of drug-likeness (QED) is 0.623. The number of hydrogen-bond acceptors (Lipinski definition) is 2. The van der Waals surface area contributed by atoms with Crippen molar-refractivity contribution in [3.05, 3.63) is 12.8 Å². The first-order chi connectivity index (χ1) is 5.24. The van der Waals surface area contributed by atoms with Gasteiger partial charge in [-0.2, -0.15) is 0 Å². The molecule has 1 aliphatic rings. The van der Waals surface area contributed by atoms with Gasteiger partial charge in [0.2, 0.25) is 5.91 Å². The number of rotatable bonds is 2. The number of carbonyl (C=O) groups is 1. The molecular formula is C8H14N2O. The number of likely N-dealkylation sites (tertiary alicyclic amines) is 1. The lowest BCUT2D eigenvalue weighted by Gasteiger charge is -2.28. The summed E-state index contributed by atoms with van der Waals surface area (Å²) in [5, 5.41) is 0. The number of primary amides is 1. The summed E-state index contributed by atoms with van der Waals surface area (Å²) >= 11 is 0. The average molecular weight is 154 g/mol. The topological polar surface area (TPSA) is 46.3 Å². The molecule has 0 aromatic carbocycles. The third-order valence-corrected chi connectivity index (χ3v) is 2.19. The maximum atomic E-state index is 10.7. The lowest BCUT2D eigenvalue weighted by atomic mass is 9.97. The first-order valence-electron chi connectivity index (χ1n) is 3.90. The summed E-state index contributed by atoms with van der Waals surface area (Å²) in [5.74, 6) is -0.0695. The van der Waals surface area contributed by atoms with Crippen molar-refractivity contribution in [2.45, 2.75) is 12.8 Å². The van der Waals surface area contributed by atoms with Crippen LogP contribution in [0.5, 0.6) is 0 Å². The van der Waals surface area contributed by atoms with E-state index < -0.39 is 0 Å². The van der Waals surface area contributed by atoms with Gasteiger partial charge >= 0.3 is 0 Å². The van der Waals surface area contributed by atoms with E-state index in [2.05, 4.69) is 11.5 Å². The molecule has 0 atom stereocenters. The molecule has 0 aliphatic carbocycles. The summed E-state index contributed by atoms with van der Waals surface area (Å²) in [6, 6.07) is 0. The van der Waals surface area contributed by atoms with Gasteiger partial charge in [-0.15, -0.1) is 0 Å². The van der Waals surface area contributed by atoms with Crippen LogP contribution in [0, 0.1) is 5.92 Å². The van der Waals surface area contributed by atoms with Gasteiger partial charge in [0.1, 0.15) is 0 Å². The molecule has 1 aliphatic heterocycles. The number of piperidine rings is 1. The maximum Gasteiger partial charge on any atom is 0.220 e. The Bertz CT molecular complexity index is 159. The highest BCUT2D eigenvalue weighted by molar-refractivity contribution is 5.76. The fourth-order valence-electron chi connectivity index (χ4n) is 1.37. The SMILES string of the molecule is C=CN1CCC(C(N)=O)CC1. The Morgan fingerprint density at radius 1 is 1.55 bits per heavy atom. The summed E-state index contributed by atoms with van der Waals surface area (Å²) in [6.45, 7) is 5.49. The molecule has 0 aromatic heterocycles. The van der Waals surface area contributed by atoms with Gasteiger partial charge in [-0.1, -0.05) is 6.58 Å². The largest absolute Gasteiger partial charge is 0.378 e. The Hall–Kier alpha value is -0.990. The van der Waals surface area contributed by atoms with E-state index in [0.29, 0.717) is 0 Å². The highest BCUT2D eigenvalue weighted by Gasteiger charge is 2.20. The van der Waals surface area contributed by atoms with Crippen molar-refractivity contribution in [2.75, 3.05) is 13.1 Å². The van der Waals surface area contributed by atoms with Crippen molar-refractivity contribution in [3.8, 4) is 0 Å². The molecule has 0 unspecified atom stereocenters. The molecule has 3 nitrogen and oxygen atoms in total. The molecule has 0 bridgehead atoms. The smallest absolute Gasteiger partial charge is 0.220 e. The van der Waals surface area contributed by atoms with Gasteiger partial charge in [-0.3, -0.25) is 4.79 Å². The molecular weight excluding hydrogens is 140 g/mol. The van der Waals surface area contributed by atoms with Crippen LogP contribution in [-0.2, 0) is 4.79 Å². The van der Waals surface area contributed by atoms with Crippen molar-refractivity contribution < 1.29 is 4.79 Å². The standard InChI is InChI=1S/C8H14N2O/c1-2-10-5-3-7(4-6-10)8(9)11/h2,7H,1,3-6H2,(H2,9,11). The minimum atomic E-state index is -0.159. The zero-order valence-electron chi connectivity index (χ0n) is 6.62. The number of nitrogens with two attached hydrogens (primary N) is 1. The molecule has 1 heterocycles. The van der Waals surface area contributed by atoms with E-state index in [1.54, 1.807) is 0 Å². The van der Waals surface area contributed by atoms with Crippen LogP contribution in [0.3, 0.4) is 0 Å². The van der Waals surface area contributed by atoms with Crippen LogP contribution in [0.4, 0.5) is 0 Å². The van der Waals surface area contributed by atoms with E-state index in [1.807, 2.05) is 6.20 Å². The normalized spacial score (nSPS) is 19.8. The van der Waals surface area contributed by atoms with Crippen LogP contribution < -0.4 is 5.73 Å². The first kappa shape index (κ1) is 8.11. The summed E-state index contributed by atoms with van der Waals surface area (Å²) in [5.41, 5.74) is 5.17. The zero-order valence-corrected chi connectivity index (χ0v) is 6.62. The summed E-state index contributed by atoms with van der Waals surface area (Å²) < 4.78 is 0. The van der Waals surface area contributed by atoms with Crippen LogP contribution in [0.25, 0.3) is 0 Å². The highest BCUT2D eigenvalue weighted by Crippen LogP contribution is 2.15. The Balaban J connectivity index is 2.35. The molecule has 11 heavy (non-hydrogen) atoms. The van der Waals surface area contributed by atoms with E-state index in [1.165, 1.54) is 0 Å². The monoisotopic (exact) mass is 154 g/mol. The molecule has 0 saturated carbocycles. The van der Waals surface area contributed by atoms with Crippen molar-refractivity contribution in [1.82, 2.24) is 4.90 Å². The molecule has 0 aromatic rings. The summed E-state index contributed by atoms with van der Waals surface area (Å²) in [7, 11) is 0. The fourth-order valence-corrected chi connectivity index (χ4v) is 1.37. The molecule has 1 amide bonds. The van der Waals surface area contributed by atoms with Crippen molar-refractivity contribution >= 4 is 5.91 Å². The first-order valence-corrected chi connectivity index (χ1v) is 3.90. The zero-order chi connectivity index (χ0) is 8.27. The van der Waals surface area contributed by atoms with Crippen LogP contribution in [0.15, 0.2) is 12.8 Å². The molecule has 1 fully saturated rings. The maximum absolute atomic E-state index is 10.7. The molecule has 62 valence electrons. The second kappa shape index (κ2) is 3.42. The number of hydrogen-bond donors (Lipinski definition) is 1. The van der Waals surface area contributed by atoms with E-state index in [9.17, 15) is 4.79 Å². The van der Waals surface area contributed by atoms with E-state index in [4.69, 9.17) is 5.73 Å². The third kappa shape index (κ3) is 1.97. The highest BCUT2D eigenvalue weighted by atomic mass is 16.1. The lowest BCUT2D eigenvalue weighted by molar-refractivity contribution is -0.122. The van der Waals surface area contributed by atoms with Gasteiger partial charge in [-0.25, -0.2) is 0 Å². The van der Waals surface area contributed by atoms with Gasteiger partial charge in [0, 0.05) is 19.0 Å². The predicted molar refractivity (Wildman–Crippen MR) is 43.7 cm³/mol. The lowest BCUT2D eigenvalue weighted by Crippen LogP contribution is -2.35. The van der Waals surface area contributed by atoms with Gasteiger partial charge in [0.05, 0.1) is 0 Å². The van der Waals surface area contributed by atoms with Crippen LogP contribution in [0.1, 0.15) is 12.8 Å². The Morgan fingerprint density at radius 3 is 2.45 bits per heavy atom. The molecule has 3 heteroatoms. The number of amides is 1. The van der Waals surface area contributed by atoms with Gasteiger partial charge < -0.3 is 10.6 Å². The number of nitrogens with zero attached hydrogens (tertiary/aromatic N) is 1. The van der Waals surface area contributed by atoms with Crippen LogP contribution >= 0.6 is 0 Å². The van der Waals surface area contributed by atoms with Crippen molar-refractivity contribution in [3.63, 3.8) is 0 Å². The second-order valence-corrected chi connectivity index (χ2v) is 2.90. The minimum Gasteiger partial charge on any atom is -0.378 e. The Labute approximate surface area is 66.9 Å². The van der Waals surface area contributed by atoms with Crippen LogP contribution in [0.2, 0.25) is 0 Å². The van der Waals surface area contributed by atoms with E-state index in [-0.39, 0.29) is 11.8 Å². The Kier molecular flexibility index (Phi) is 2.52. The Morgan fingerprint density at radius 2 is 2.09 bits per heavy atom. The molecule has 2 N–H and O–H groups in total. The molecule has 1 saturated heterocycles. The van der Waals surface area contributed by atoms with Crippen molar-refractivity contribution in [1.29, 1.82) is 0 Å². The van der Waals surface area contributed by atoms with Crippen LogP contribution in [-0.4, -0.2) is 23.9 Å². The molecule has 0 spiro atoms. The van der Waals surface area contributed by atoms with Gasteiger partial charge in [-0.05, 0) is 19.0 Å². The van der Waals surface area contributed by atoms with Gasteiger partial charge in [0.15, 0.2) is 0 Å². The second-order valence-electron chi connectivity index (χ2n) is 2.90. The van der Waals surface area contributed by atoms with E-state index in [0.717, 1.165) is 25.9 Å². The average Bonchev–Trinajstić information content (AvgIpc) is 2.05. The third-order valence-electron chi connectivity index (χ3n) is 2.19. The predicted octanol–water partition coefficient (Wildman–Crippen LogP) is 0.327.